The van der Waals surface area contributed by atoms with Crippen molar-refractivity contribution in [3.63, 3.8) is 0 Å². The summed E-state index contributed by atoms with van der Waals surface area (Å²) in [6.45, 7) is 0. The summed E-state index contributed by atoms with van der Waals surface area (Å²) in [5.74, 6) is 0. The van der Waals surface area contributed by atoms with Gasteiger partial charge in [-0.05, 0) is 59.3 Å². The summed E-state index contributed by atoms with van der Waals surface area (Å²) >= 11 is 3.31. The molecule has 1 heterocycles. The fourth-order valence-electron chi connectivity index (χ4n) is 1.92. The molecule has 0 atom stereocenters. The Kier molecular flexibility index (Phi) is 3.39. The molecule has 0 spiro atoms. The van der Waals surface area contributed by atoms with Gasteiger partial charge in [-0.3, -0.25) is 5.41 Å². The summed E-state index contributed by atoms with van der Waals surface area (Å²) in [6, 6.07) is 5.60. The van der Waals surface area contributed by atoms with Crippen LogP contribution in [-0.2, 0) is 0 Å². The largest absolute Gasteiger partial charge is 0.402 e. The molecule has 0 bridgehead atoms. The highest BCUT2D eigenvalue weighted by Crippen LogP contribution is 2.24. The predicted molar refractivity (Wildman–Crippen MR) is 68.4 cm³/mol. The highest BCUT2D eigenvalue weighted by atomic mass is 79.9. The number of nitrogens with zero attached hydrogens (tertiary/aromatic N) is 1. The number of aromatic nitrogens is 1. The van der Waals surface area contributed by atoms with E-state index in [1.807, 2.05) is 18.2 Å². The molecule has 1 aliphatic rings. The molecular formula is C12H14BrN3. The number of halogens is 1. The van der Waals surface area contributed by atoms with Crippen molar-refractivity contribution in [3.05, 3.63) is 39.8 Å². The SMILES string of the molecule is N=C(C1=C(N)CCCC1)c1cccc(Br)n1. The van der Waals surface area contributed by atoms with Gasteiger partial charge in [-0.15, -0.1) is 0 Å². The van der Waals surface area contributed by atoms with Gasteiger partial charge in [-0.1, -0.05) is 6.07 Å². The van der Waals surface area contributed by atoms with Crippen molar-refractivity contribution in [1.29, 1.82) is 5.41 Å². The van der Waals surface area contributed by atoms with Gasteiger partial charge in [0.05, 0.1) is 11.4 Å². The minimum Gasteiger partial charge on any atom is -0.402 e. The molecule has 1 aliphatic carbocycles. The van der Waals surface area contributed by atoms with E-state index < -0.39 is 0 Å². The van der Waals surface area contributed by atoms with Gasteiger partial charge in [0.25, 0.3) is 0 Å². The third-order valence-corrected chi connectivity index (χ3v) is 3.23. The van der Waals surface area contributed by atoms with E-state index in [9.17, 15) is 0 Å². The lowest BCUT2D eigenvalue weighted by Gasteiger charge is -2.17. The van der Waals surface area contributed by atoms with Gasteiger partial charge in [-0.25, -0.2) is 4.98 Å². The Morgan fingerprint density at radius 2 is 2.06 bits per heavy atom. The van der Waals surface area contributed by atoms with Crippen LogP contribution in [0.2, 0.25) is 0 Å². The Bertz CT molecular complexity index is 451. The van der Waals surface area contributed by atoms with E-state index in [1.165, 1.54) is 0 Å². The molecule has 0 fully saturated rings. The first-order valence-electron chi connectivity index (χ1n) is 5.38. The predicted octanol–water partition coefficient (Wildman–Crippen LogP) is 3.00. The van der Waals surface area contributed by atoms with Crippen LogP contribution in [0, 0.1) is 5.41 Å². The normalized spacial score (nSPS) is 16.3. The molecule has 0 amide bonds. The molecule has 3 nitrogen and oxygen atoms in total. The van der Waals surface area contributed by atoms with Crippen LogP contribution in [0.4, 0.5) is 0 Å². The average Bonchev–Trinajstić information content (AvgIpc) is 2.29. The maximum Gasteiger partial charge on any atom is 0.106 e. The summed E-state index contributed by atoms with van der Waals surface area (Å²) in [4.78, 5) is 4.29. The van der Waals surface area contributed by atoms with Gasteiger partial charge in [0.15, 0.2) is 0 Å². The summed E-state index contributed by atoms with van der Waals surface area (Å²) < 4.78 is 0.754. The summed E-state index contributed by atoms with van der Waals surface area (Å²) in [5.41, 5.74) is 8.94. The second kappa shape index (κ2) is 4.78. The van der Waals surface area contributed by atoms with Crippen molar-refractivity contribution in [2.45, 2.75) is 25.7 Å². The van der Waals surface area contributed by atoms with Crippen LogP contribution in [0.5, 0.6) is 0 Å². The molecular weight excluding hydrogens is 266 g/mol. The molecule has 3 N–H and O–H groups in total. The van der Waals surface area contributed by atoms with Crippen LogP contribution in [0.1, 0.15) is 31.4 Å². The summed E-state index contributed by atoms with van der Waals surface area (Å²) in [6.07, 6.45) is 4.06. The van der Waals surface area contributed by atoms with E-state index in [0.29, 0.717) is 11.4 Å². The van der Waals surface area contributed by atoms with Crippen LogP contribution in [0.3, 0.4) is 0 Å². The standard InChI is InChI=1S/C12H14BrN3/c13-11-7-3-6-10(16-11)12(15)8-4-1-2-5-9(8)14/h3,6-7,15H,1-2,4-5,14H2. The number of hydrogen-bond donors (Lipinski definition) is 2. The zero-order valence-corrected chi connectivity index (χ0v) is 10.5. The first-order valence-corrected chi connectivity index (χ1v) is 6.17. The maximum atomic E-state index is 8.13. The molecule has 0 radical (unpaired) electrons. The van der Waals surface area contributed by atoms with E-state index >= 15 is 0 Å². The van der Waals surface area contributed by atoms with Crippen molar-refractivity contribution in [2.75, 3.05) is 0 Å². The van der Waals surface area contributed by atoms with Crippen molar-refractivity contribution < 1.29 is 0 Å². The molecule has 0 saturated heterocycles. The highest BCUT2D eigenvalue weighted by Gasteiger charge is 2.16. The van der Waals surface area contributed by atoms with Gasteiger partial charge >= 0.3 is 0 Å². The second-order valence-corrected chi connectivity index (χ2v) is 4.74. The number of rotatable bonds is 2. The number of nitrogens with one attached hydrogen (secondary N) is 1. The smallest absolute Gasteiger partial charge is 0.106 e. The van der Waals surface area contributed by atoms with Crippen molar-refractivity contribution in [3.8, 4) is 0 Å². The van der Waals surface area contributed by atoms with E-state index in [1.54, 1.807) is 0 Å². The van der Waals surface area contributed by atoms with Gasteiger partial charge < -0.3 is 5.73 Å². The minimum absolute atomic E-state index is 0.471. The Labute approximate surface area is 103 Å². The van der Waals surface area contributed by atoms with E-state index in [-0.39, 0.29) is 0 Å². The molecule has 1 aromatic heterocycles. The lowest BCUT2D eigenvalue weighted by atomic mass is 9.92. The van der Waals surface area contributed by atoms with Crippen LogP contribution in [-0.4, -0.2) is 10.7 Å². The number of pyridine rings is 1. The molecule has 16 heavy (non-hydrogen) atoms. The monoisotopic (exact) mass is 279 g/mol. The Morgan fingerprint density at radius 3 is 2.75 bits per heavy atom. The molecule has 84 valence electrons. The van der Waals surface area contributed by atoms with E-state index in [0.717, 1.165) is 41.6 Å². The van der Waals surface area contributed by atoms with E-state index in [2.05, 4.69) is 20.9 Å². The third kappa shape index (κ3) is 2.32. The van der Waals surface area contributed by atoms with Crippen LogP contribution < -0.4 is 5.73 Å². The molecule has 4 heteroatoms. The Morgan fingerprint density at radius 1 is 1.31 bits per heavy atom. The van der Waals surface area contributed by atoms with Crippen LogP contribution in [0.25, 0.3) is 0 Å². The van der Waals surface area contributed by atoms with Crippen molar-refractivity contribution in [2.24, 2.45) is 5.73 Å². The fraction of sp³-hybridized carbons (Fsp3) is 0.333. The fourth-order valence-corrected chi connectivity index (χ4v) is 2.26. The first kappa shape index (κ1) is 11.3. The Balaban J connectivity index is 2.32. The molecule has 0 aromatic carbocycles. The second-order valence-electron chi connectivity index (χ2n) is 3.93. The van der Waals surface area contributed by atoms with Gasteiger partial charge in [0.2, 0.25) is 0 Å². The molecule has 1 aromatic rings. The first-order chi connectivity index (χ1) is 7.68. The zero-order valence-electron chi connectivity index (χ0n) is 8.96. The summed E-state index contributed by atoms with van der Waals surface area (Å²) in [7, 11) is 0. The van der Waals surface area contributed by atoms with Crippen molar-refractivity contribution >= 4 is 21.6 Å². The molecule has 0 aliphatic heterocycles. The topological polar surface area (TPSA) is 62.8 Å². The molecule has 0 unspecified atom stereocenters. The highest BCUT2D eigenvalue weighted by molar-refractivity contribution is 9.10. The quantitative estimate of drug-likeness (QED) is 0.646. The van der Waals surface area contributed by atoms with Gasteiger partial charge in [-0.2, -0.15) is 0 Å². The third-order valence-electron chi connectivity index (χ3n) is 2.78. The molecule has 2 rings (SSSR count). The average molecular weight is 280 g/mol. The zero-order chi connectivity index (χ0) is 11.5. The number of hydrogen-bond acceptors (Lipinski definition) is 3. The lowest BCUT2D eigenvalue weighted by molar-refractivity contribution is 0.682. The van der Waals surface area contributed by atoms with Crippen LogP contribution in [0.15, 0.2) is 34.1 Å². The Hall–Kier alpha value is -1.16. The maximum absolute atomic E-state index is 8.13. The minimum atomic E-state index is 0.471. The number of allylic oxidation sites excluding steroid dienone is 2. The van der Waals surface area contributed by atoms with Crippen LogP contribution >= 0.6 is 15.9 Å². The summed E-state index contributed by atoms with van der Waals surface area (Å²) in [5, 5.41) is 8.13. The van der Waals surface area contributed by atoms with Crippen molar-refractivity contribution in [1.82, 2.24) is 4.98 Å². The van der Waals surface area contributed by atoms with Gasteiger partial charge in [0, 0.05) is 5.70 Å². The van der Waals surface area contributed by atoms with Gasteiger partial charge in [0.1, 0.15) is 4.60 Å². The molecule has 0 saturated carbocycles. The number of nitrogens with two attached hydrogens (primary N) is 1. The lowest BCUT2D eigenvalue weighted by Crippen LogP contribution is -2.16. The van der Waals surface area contributed by atoms with E-state index in [4.69, 9.17) is 11.1 Å².